The van der Waals surface area contributed by atoms with Crippen LogP contribution in [0.15, 0.2) is 0 Å². The Bertz CT molecular complexity index is 225. The van der Waals surface area contributed by atoms with Crippen molar-refractivity contribution >= 4 is 0 Å². The van der Waals surface area contributed by atoms with Gasteiger partial charge in [-0.15, -0.1) is 6.42 Å². The molecule has 0 amide bonds. The number of rotatable bonds is 3. The Hall–Kier alpha value is -0.520. The van der Waals surface area contributed by atoms with E-state index >= 15 is 0 Å². The topological polar surface area (TPSA) is 21.3 Å². The van der Waals surface area contributed by atoms with Crippen molar-refractivity contribution in [1.29, 1.82) is 0 Å². The molecule has 2 nitrogen and oxygen atoms in total. The molecule has 0 bridgehead atoms. The molecule has 1 heterocycles. The van der Waals surface area contributed by atoms with Gasteiger partial charge in [0.15, 0.2) is 0 Å². The second-order valence-corrected chi connectivity index (χ2v) is 4.50. The number of hydrogen-bond acceptors (Lipinski definition) is 2. The lowest BCUT2D eigenvalue weighted by molar-refractivity contribution is -0.0347. The van der Waals surface area contributed by atoms with Crippen LogP contribution in [0.3, 0.4) is 0 Å². The first-order chi connectivity index (χ1) is 6.85. The van der Waals surface area contributed by atoms with Crippen molar-refractivity contribution in [2.24, 2.45) is 0 Å². The summed E-state index contributed by atoms with van der Waals surface area (Å²) in [5.41, 5.74) is 0.266. The van der Waals surface area contributed by atoms with Crippen LogP contribution in [0.4, 0.5) is 0 Å². The van der Waals surface area contributed by atoms with E-state index in [0.717, 1.165) is 6.54 Å². The maximum Gasteiger partial charge on any atom is 0.0708 e. The highest BCUT2D eigenvalue weighted by molar-refractivity contribution is 4.94. The molecule has 2 aliphatic rings. The summed E-state index contributed by atoms with van der Waals surface area (Å²) in [5.74, 6) is 2.59. The number of terminal acetylenes is 1. The molecule has 0 aromatic rings. The van der Waals surface area contributed by atoms with Crippen LogP contribution in [0.5, 0.6) is 0 Å². The lowest BCUT2D eigenvalue weighted by Crippen LogP contribution is -2.31. The van der Waals surface area contributed by atoms with Crippen molar-refractivity contribution in [2.45, 2.75) is 50.2 Å². The van der Waals surface area contributed by atoms with Crippen LogP contribution < -0.4 is 5.32 Å². The van der Waals surface area contributed by atoms with Gasteiger partial charge in [0.25, 0.3) is 0 Å². The van der Waals surface area contributed by atoms with Crippen LogP contribution in [0.2, 0.25) is 0 Å². The maximum atomic E-state index is 6.13. The van der Waals surface area contributed by atoms with E-state index in [-0.39, 0.29) is 5.60 Å². The third-order valence-electron chi connectivity index (χ3n) is 3.45. The van der Waals surface area contributed by atoms with E-state index in [0.29, 0.717) is 12.6 Å². The molecule has 2 heteroatoms. The minimum absolute atomic E-state index is 0.266. The van der Waals surface area contributed by atoms with E-state index < -0.39 is 0 Å². The van der Waals surface area contributed by atoms with Crippen molar-refractivity contribution in [2.75, 3.05) is 13.1 Å². The highest BCUT2D eigenvalue weighted by Crippen LogP contribution is 2.42. The molecule has 1 aliphatic heterocycles. The summed E-state index contributed by atoms with van der Waals surface area (Å²) < 4.78 is 6.13. The molecule has 0 radical (unpaired) electrons. The van der Waals surface area contributed by atoms with Gasteiger partial charge in [-0.05, 0) is 25.7 Å². The number of ether oxygens (including phenoxy) is 1. The summed E-state index contributed by atoms with van der Waals surface area (Å²) in [5, 5.41) is 3.22. The predicted molar refractivity (Wildman–Crippen MR) is 57.0 cm³/mol. The fourth-order valence-corrected chi connectivity index (χ4v) is 2.73. The van der Waals surface area contributed by atoms with Gasteiger partial charge >= 0.3 is 0 Å². The first kappa shape index (κ1) is 10.0. The van der Waals surface area contributed by atoms with Crippen molar-refractivity contribution in [1.82, 2.24) is 5.32 Å². The van der Waals surface area contributed by atoms with E-state index in [1.54, 1.807) is 0 Å². The van der Waals surface area contributed by atoms with Crippen LogP contribution in [-0.2, 0) is 4.74 Å². The van der Waals surface area contributed by atoms with Crippen LogP contribution >= 0.6 is 0 Å². The Morgan fingerprint density at radius 3 is 2.86 bits per heavy atom. The quantitative estimate of drug-likeness (QED) is 0.544. The zero-order chi connectivity index (χ0) is 9.86. The molecule has 0 aromatic carbocycles. The molecule has 2 rings (SSSR count). The Morgan fingerprint density at radius 1 is 1.36 bits per heavy atom. The highest BCUT2D eigenvalue weighted by Gasteiger charge is 2.41. The van der Waals surface area contributed by atoms with E-state index in [4.69, 9.17) is 11.2 Å². The van der Waals surface area contributed by atoms with Crippen LogP contribution in [-0.4, -0.2) is 24.8 Å². The second-order valence-electron chi connectivity index (χ2n) is 4.50. The van der Waals surface area contributed by atoms with Gasteiger partial charge in [-0.3, -0.25) is 0 Å². The summed E-state index contributed by atoms with van der Waals surface area (Å²) in [7, 11) is 0. The fourth-order valence-electron chi connectivity index (χ4n) is 2.73. The molecule has 78 valence electrons. The van der Waals surface area contributed by atoms with Crippen LogP contribution in [0.1, 0.15) is 38.5 Å². The van der Waals surface area contributed by atoms with Gasteiger partial charge in [-0.2, -0.15) is 0 Å². The lowest BCUT2D eigenvalue weighted by Gasteiger charge is -2.23. The van der Waals surface area contributed by atoms with Gasteiger partial charge in [0.2, 0.25) is 0 Å². The Kier molecular flexibility index (Phi) is 3.10. The summed E-state index contributed by atoms with van der Waals surface area (Å²) in [6.45, 7) is 1.58. The molecule has 1 N–H and O–H groups in total. The first-order valence-corrected chi connectivity index (χ1v) is 5.67. The molecular weight excluding hydrogens is 174 g/mol. The van der Waals surface area contributed by atoms with E-state index in [1.165, 1.54) is 38.5 Å². The SMILES string of the molecule is C#CCNCC1CCC2(CCCC2)O1. The molecule has 1 aliphatic carbocycles. The third kappa shape index (κ3) is 2.10. The van der Waals surface area contributed by atoms with Gasteiger partial charge in [-0.1, -0.05) is 18.8 Å². The van der Waals surface area contributed by atoms with Crippen LogP contribution in [0.25, 0.3) is 0 Å². The minimum Gasteiger partial charge on any atom is -0.370 e. The van der Waals surface area contributed by atoms with Crippen molar-refractivity contribution in [3.05, 3.63) is 0 Å². The second kappa shape index (κ2) is 4.33. The Balaban J connectivity index is 1.74. The molecule has 1 unspecified atom stereocenters. The molecular formula is C12H19NO. The summed E-state index contributed by atoms with van der Waals surface area (Å²) in [6.07, 6.45) is 13.3. The molecule has 1 atom stereocenters. The van der Waals surface area contributed by atoms with Gasteiger partial charge in [-0.25, -0.2) is 0 Å². The summed E-state index contributed by atoms with van der Waals surface area (Å²) in [6, 6.07) is 0. The lowest BCUT2D eigenvalue weighted by atomic mass is 9.98. The van der Waals surface area contributed by atoms with E-state index in [1.807, 2.05) is 0 Å². The standard InChI is InChI=1S/C12H19NO/c1-2-9-13-10-11-5-8-12(14-11)6-3-4-7-12/h1,11,13H,3-10H2. The highest BCUT2D eigenvalue weighted by atomic mass is 16.5. The maximum absolute atomic E-state index is 6.13. The van der Waals surface area contributed by atoms with Gasteiger partial charge in [0, 0.05) is 6.54 Å². The van der Waals surface area contributed by atoms with Gasteiger partial charge in [0.1, 0.15) is 0 Å². The average molecular weight is 193 g/mol. The van der Waals surface area contributed by atoms with E-state index in [2.05, 4.69) is 11.2 Å². The molecule has 0 aromatic heterocycles. The number of hydrogen-bond donors (Lipinski definition) is 1. The van der Waals surface area contributed by atoms with Gasteiger partial charge < -0.3 is 10.1 Å². The van der Waals surface area contributed by atoms with Crippen LogP contribution in [0, 0.1) is 12.3 Å². The summed E-state index contributed by atoms with van der Waals surface area (Å²) >= 11 is 0. The normalized spacial score (nSPS) is 29.5. The smallest absolute Gasteiger partial charge is 0.0708 e. The molecule has 14 heavy (non-hydrogen) atoms. The van der Waals surface area contributed by atoms with Crippen molar-refractivity contribution in [3.63, 3.8) is 0 Å². The van der Waals surface area contributed by atoms with Crippen molar-refractivity contribution < 1.29 is 4.74 Å². The van der Waals surface area contributed by atoms with Gasteiger partial charge in [0.05, 0.1) is 18.2 Å². The average Bonchev–Trinajstić information content (AvgIpc) is 2.79. The third-order valence-corrected chi connectivity index (χ3v) is 3.45. The van der Waals surface area contributed by atoms with E-state index in [9.17, 15) is 0 Å². The largest absolute Gasteiger partial charge is 0.370 e. The first-order valence-electron chi connectivity index (χ1n) is 5.67. The Morgan fingerprint density at radius 2 is 2.14 bits per heavy atom. The predicted octanol–water partition coefficient (Wildman–Crippen LogP) is 1.70. The molecule has 1 saturated heterocycles. The zero-order valence-corrected chi connectivity index (χ0v) is 8.72. The molecule has 1 saturated carbocycles. The number of nitrogens with one attached hydrogen (secondary N) is 1. The Labute approximate surface area is 86.4 Å². The molecule has 2 fully saturated rings. The minimum atomic E-state index is 0.266. The fraction of sp³-hybridized carbons (Fsp3) is 0.833. The monoisotopic (exact) mass is 193 g/mol. The zero-order valence-electron chi connectivity index (χ0n) is 8.72. The van der Waals surface area contributed by atoms with Crippen molar-refractivity contribution in [3.8, 4) is 12.3 Å². The molecule has 1 spiro atoms. The summed E-state index contributed by atoms with van der Waals surface area (Å²) in [4.78, 5) is 0.